The molecule has 0 aliphatic carbocycles. The van der Waals surface area contributed by atoms with Crippen molar-refractivity contribution in [1.82, 2.24) is 0 Å². The van der Waals surface area contributed by atoms with Gasteiger partial charge in [0.25, 0.3) is 0 Å². The van der Waals surface area contributed by atoms with Crippen molar-refractivity contribution in [2.45, 2.75) is 13.5 Å². The minimum absolute atomic E-state index is 0.427. The molecule has 0 saturated carbocycles. The number of hydrogen-bond donors (Lipinski definition) is 2. The maximum atomic E-state index is 5.93. The molecular formula is C17H22N4. The molecule has 0 bridgehead atoms. The van der Waals surface area contributed by atoms with Gasteiger partial charge in [-0.15, -0.1) is 0 Å². The summed E-state index contributed by atoms with van der Waals surface area (Å²) in [5.74, 6) is 0.427. The van der Waals surface area contributed by atoms with Crippen LogP contribution in [-0.4, -0.2) is 20.1 Å². The summed E-state index contributed by atoms with van der Waals surface area (Å²) in [5, 5.41) is 3.11. The summed E-state index contributed by atoms with van der Waals surface area (Å²) in [6, 6.07) is 16.3. The number of benzene rings is 2. The Kier molecular flexibility index (Phi) is 4.82. The van der Waals surface area contributed by atoms with Crippen LogP contribution < -0.4 is 16.0 Å². The Labute approximate surface area is 126 Å². The second-order valence-corrected chi connectivity index (χ2v) is 5.26. The fraction of sp³-hybridized carbons (Fsp3) is 0.235. The van der Waals surface area contributed by atoms with E-state index < -0.39 is 0 Å². The Bertz CT molecular complexity index is 632. The van der Waals surface area contributed by atoms with Crippen LogP contribution in [0.3, 0.4) is 0 Å². The molecule has 0 spiro atoms. The third-order valence-corrected chi connectivity index (χ3v) is 3.15. The maximum absolute atomic E-state index is 5.93. The van der Waals surface area contributed by atoms with Gasteiger partial charge in [-0.2, -0.15) is 0 Å². The van der Waals surface area contributed by atoms with Gasteiger partial charge in [-0.1, -0.05) is 24.3 Å². The summed E-state index contributed by atoms with van der Waals surface area (Å²) in [6.45, 7) is 2.61. The molecule has 2 aromatic rings. The molecule has 0 aliphatic heterocycles. The minimum atomic E-state index is 0.427. The molecule has 110 valence electrons. The molecule has 0 saturated heterocycles. The van der Waals surface area contributed by atoms with E-state index in [0.29, 0.717) is 12.5 Å². The number of nitrogens with one attached hydrogen (secondary N) is 1. The van der Waals surface area contributed by atoms with E-state index in [2.05, 4.69) is 33.4 Å². The predicted molar refractivity (Wildman–Crippen MR) is 90.9 cm³/mol. The average molecular weight is 282 g/mol. The molecular weight excluding hydrogens is 260 g/mol. The van der Waals surface area contributed by atoms with Gasteiger partial charge in [0.1, 0.15) is 0 Å². The van der Waals surface area contributed by atoms with Crippen LogP contribution in [0.5, 0.6) is 0 Å². The summed E-state index contributed by atoms with van der Waals surface area (Å²) in [7, 11) is 4.05. The zero-order valence-corrected chi connectivity index (χ0v) is 12.8. The van der Waals surface area contributed by atoms with Gasteiger partial charge in [0.05, 0.1) is 6.54 Å². The molecule has 21 heavy (non-hydrogen) atoms. The summed E-state index contributed by atoms with van der Waals surface area (Å²) >= 11 is 0. The number of aryl methyl sites for hydroxylation is 1. The molecule has 3 N–H and O–H groups in total. The number of nitrogens with zero attached hydrogens (tertiary/aromatic N) is 2. The Balaban J connectivity index is 2.01. The lowest BCUT2D eigenvalue weighted by atomic mass is 10.2. The van der Waals surface area contributed by atoms with Gasteiger partial charge in [0.15, 0.2) is 5.96 Å². The van der Waals surface area contributed by atoms with E-state index in [1.165, 1.54) is 5.56 Å². The summed E-state index contributed by atoms with van der Waals surface area (Å²) < 4.78 is 0. The van der Waals surface area contributed by atoms with Crippen molar-refractivity contribution in [2.24, 2.45) is 10.7 Å². The van der Waals surface area contributed by atoms with E-state index in [-0.39, 0.29) is 0 Å². The standard InChI is InChI=1S/C17H22N4/c1-13-6-4-8-15(10-13)20-17(18)19-12-14-7-5-9-16(11-14)21(2)3/h4-11H,12H2,1-3H3,(H3,18,19,20). The lowest BCUT2D eigenvalue weighted by Crippen LogP contribution is -2.22. The van der Waals surface area contributed by atoms with Crippen LogP contribution in [-0.2, 0) is 6.54 Å². The molecule has 0 radical (unpaired) electrons. The molecule has 2 aromatic carbocycles. The lowest BCUT2D eigenvalue weighted by molar-refractivity contribution is 1.05. The van der Waals surface area contributed by atoms with Crippen LogP contribution in [0.15, 0.2) is 53.5 Å². The number of guanidine groups is 1. The van der Waals surface area contributed by atoms with Gasteiger partial charge in [0.2, 0.25) is 0 Å². The highest BCUT2D eigenvalue weighted by Crippen LogP contribution is 2.14. The number of anilines is 2. The highest BCUT2D eigenvalue weighted by atomic mass is 15.1. The van der Waals surface area contributed by atoms with Crippen LogP contribution in [0, 0.1) is 6.92 Å². The summed E-state index contributed by atoms with van der Waals surface area (Å²) in [6.07, 6.45) is 0. The molecule has 0 amide bonds. The second-order valence-electron chi connectivity index (χ2n) is 5.26. The van der Waals surface area contributed by atoms with Crippen molar-refractivity contribution in [2.75, 3.05) is 24.3 Å². The Morgan fingerprint density at radius 1 is 1.14 bits per heavy atom. The number of rotatable bonds is 4. The van der Waals surface area contributed by atoms with E-state index in [1.807, 2.05) is 51.4 Å². The molecule has 0 fully saturated rings. The van der Waals surface area contributed by atoms with E-state index >= 15 is 0 Å². The van der Waals surface area contributed by atoms with Crippen molar-refractivity contribution in [3.8, 4) is 0 Å². The minimum Gasteiger partial charge on any atom is -0.378 e. The lowest BCUT2D eigenvalue weighted by Gasteiger charge is -2.13. The van der Waals surface area contributed by atoms with Crippen molar-refractivity contribution in [3.63, 3.8) is 0 Å². The molecule has 0 aromatic heterocycles. The van der Waals surface area contributed by atoms with E-state index in [9.17, 15) is 0 Å². The van der Waals surface area contributed by atoms with Crippen LogP contribution in [0.25, 0.3) is 0 Å². The molecule has 4 nitrogen and oxygen atoms in total. The highest BCUT2D eigenvalue weighted by Gasteiger charge is 1.99. The second kappa shape index (κ2) is 6.79. The first kappa shape index (κ1) is 14.9. The monoisotopic (exact) mass is 282 g/mol. The third-order valence-electron chi connectivity index (χ3n) is 3.15. The van der Waals surface area contributed by atoms with Gasteiger partial charge in [-0.25, -0.2) is 4.99 Å². The van der Waals surface area contributed by atoms with Gasteiger partial charge in [-0.05, 0) is 42.3 Å². The van der Waals surface area contributed by atoms with Crippen molar-refractivity contribution in [1.29, 1.82) is 0 Å². The first-order valence-corrected chi connectivity index (χ1v) is 6.94. The number of nitrogens with two attached hydrogens (primary N) is 1. The molecule has 2 rings (SSSR count). The van der Waals surface area contributed by atoms with Crippen LogP contribution in [0.2, 0.25) is 0 Å². The fourth-order valence-electron chi connectivity index (χ4n) is 2.02. The zero-order chi connectivity index (χ0) is 15.2. The normalized spacial score (nSPS) is 11.3. The van der Waals surface area contributed by atoms with E-state index in [4.69, 9.17) is 5.73 Å². The Morgan fingerprint density at radius 3 is 2.62 bits per heavy atom. The first-order chi connectivity index (χ1) is 10.0. The largest absolute Gasteiger partial charge is 0.378 e. The van der Waals surface area contributed by atoms with Gasteiger partial charge in [0, 0.05) is 25.5 Å². The van der Waals surface area contributed by atoms with Crippen LogP contribution in [0.4, 0.5) is 11.4 Å². The third kappa shape index (κ3) is 4.53. The highest BCUT2D eigenvalue weighted by molar-refractivity contribution is 5.92. The molecule has 0 unspecified atom stereocenters. The van der Waals surface area contributed by atoms with Gasteiger partial charge >= 0.3 is 0 Å². The molecule has 4 heteroatoms. The van der Waals surface area contributed by atoms with E-state index in [1.54, 1.807) is 0 Å². The van der Waals surface area contributed by atoms with Crippen molar-refractivity contribution < 1.29 is 0 Å². The SMILES string of the molecule is Cc1cccc(NC(N)=NCc2cccc(N(C)C)c2)c1. The van der Waals surface area contributed by atoms with Crippen LogP contribution >= 0.6 is 0 Å². The number of aliphatic imine (C=N–C) groups is 1. The Morgan fingerprint density at radius 2 is 1.90 bits per heavy atom. The van der Waals surface area contributed by atoms with Crippen LogP contribution in [0.1, 0.15) is 11.1 Å². The fourth-order valence-corrected chi connectivity index (χ4v) is 2.02. The smallest absolute Gasteiger partial charge is 0.193 e. The molecule has 0 aliphatic rings. The van der Waals surface area contributed by atoms with Gasteiger partial charge in [-0.3, -0.25) is 0 Å². The topological polar surface area (TPSA) is 53.6 Å². The molecule has 0 heterocycles. The number of hydrogen-bond acceptors (Lipinski definition) is 2. The maximum Gasteiger partial charge on any atom is 0.193 e. The van der Waals surface area contributed by atoms with Gasteiger partial charge < -0.3 is 16.0 Å². The van der Waals surface area contributed by atoms with E-state index in [0.717, 1.165) is 16.9 Å². The van der Waals surface area contributed by atoms with Crippen molar-refractivity contribution in [3.05, 3.63) is 59.7 Å². The first-order valence-electron chi connectivity index (χ1n) is 6.94. The summed E-state index contributed by atoms with van der Waals surface area (Å²) in [5.41, 5.74) is 10.4. The molecule has 0 atom stereocenters. The quantitative estimate of drug-likeness (QED) is 0.669. The predicted octanol–water partition coefficient (Wildman–Crippen LogP) is 2.99. The Hall–Kier alpha value is -2.49. The summed E-state index contributed by atoms with van der Waals surface area (Å²) in [4.78, 5) is 6.46. The van der Waals surface area contributed by atoms with Crippen molar-refractivity contribution >= 4 is 17.3 Å². The average Bonchev–Trinajstić information content (AvgIpc) is 2.45. The zero-order valence-electron chi connectivity index (χ0n) is 12.8.